The maximum atomic E-state index is 5.61. The number of hydrogen-bond acceptors (Lipinski definition) is 4. The van der Waals surface area contributed by atoms with Crippen molar-refractivity contribution in [3.63, 3.8) is 0 Å². The van der Waals surface area contributed by atoms with E-state index in [0.29, 0.717) is 6.04 Å². The molecule has 1 aliphatic heterocycles. The maximum absolute atomic E-state index is 5.61. The first-order chi connectivity index (χ1) is 10.1. The molecule has 2 rings (SSSR count). The molecule has 1 aliphatic rings. The van der Waals surface area contributed by atoms with Gasteiger partial charge in [0.15, 0.2) is 0 Å². The lowest BCUT2D eigenvalue weighted by Crippen LogP contribution is -2.38. The predicted molar refractivity (Wildman–Crippen MR) is 89.4 cm³/mol. The van der Waals surface area contributed by atoms with Crippen molar-refractivity contribution in [2.45, 2.75) is 31.8 Å². The summed E-state index contributed by atoms with van der Waals surface area (Å²) in [5.41, 5.74) is 2.59. The van der Waals surface area contributed by atoms with Gasteiger partial charge in [0.25, 0.3) is 0 Å². The Morgan fingerprint density at radius 2 is 2.19 bits per heavy atom. The smallest absolute Gasteiger partial charge is 0.125 e. The predicted octanol–water partition coefficient (Wildman–Crippen LogP) is 2.51. The van der Waals surface area contributed by atoms with Crippen LogP contribution >= 0.6 is 0 Å². The first-order valence-corrected chi connectivity index (χ1v) is 7.84. The number of hydrogen-bond donors (Lipinski definition) is 1. The zero-order valence-electron chi connectivity index (χ0n) is 14.0. The average Bonchev–Trinajstić information content (AvgIpc) is 2.92. The van der Waals surface area contributed by atoms with E-state index in [1.807, 2.05) is 7.05 Å². The second-order valence-corrected chi connectivity index (χ2v) is 6.16. The Balaban J connectivity index is 2.38. The molecule has 21 heavy (non-hydrogen) atoms. The molecule has 1 fully saturated rings. The van der Waals surface area contributed by atoms with Crippen LogP contribution in [0.25, 0.3) is 0 Å². The second-order valence-electron chi connectivity index (χ2n) is 6.16. The van der Waals surface area contributed by atoms with Crippen LogP contribution in [0.15, 0.2) is 18.2 Å². The highest BCUT2D eigenvalue weighted by molar-refractivity contribution is 5.62. The Morgan fingerprint density at radius 1 is 1.43 bits per heavy atom. The third-order valence-electron chi connectivity index (χ3n) is 4.39. The summed E-state index contributed by atoms with van der Waals surface area (Å²) in [6.07, 6.45) is 2.53. The third-order valence-corrected chi connectivity index (χ3v) is 4.39. The normalized spacial score (nSPS) is 20.1. The van der Waals surface area contributed by atoms with Crippen molar-refractivity contribution in [1.29, 1.82) is 0 Å². The van der Waals surface area contributed by atoms with Gasteiger partial charge < -0.3 is 19.9 Å². The molecular weight excluding hydrogens is 262 g/mol. The molecule has 0 amide bonds. The van der Waals surface area contributed by atoms with Crippen molar-refractivity contribution < 1.29 is 4.74 Å². The standard InChI is InChI=1S/C17H29N3O/c1-13(18-2)17-15(9-6-10-16(17)21-5)20-11-7-8-14(20)12-19(3)4/h6,9-10,13-14,18H,7-8,11-12H2,1-5H3. The van der Waals surface area contributed by atoms with E-state index in [1.165, 1.54) is 24.1 Å². The minimum atomic E-state index is 0.275. The molecule has 0 aromatic heterocycles. The van der Waals surface area contributed by atoms with Gasteiger partial charge in [0.05, 0.1) is 7.11 Å². The van der Waals surface area contributed by atoms with Crippen molar-refractivity contribution in [2.75, 3.05) is 46.2 Å². The largest absolute Gasteiger partial charge is 0.496 e. The quantitative estimate of drug-likeness (QED) is 0.871. The molecule has 4 heteroatoms. The highest BCUT2D eigenvalue weighted by Gasteiger charge is 2.28. The van der Waals surface area contributed by atoms with Gasteiger partial charge in [0.1, 0.15) is 5.75 Å². The van der Waals surface area contributed by atoms with Crippen LogP contribution in [0.5, 0.6) is 5.75 Å². The molecule has 0 aliphatic carbocycles. The molecule has 0 bridgehead atoms. The van der Waals surface area contributed by atoms with Gasteiger partial charge in [-0.05, 0) is 53.0 Å². The van der Waals surface area contributed by atoms with E-state index in [1.54, 1.807) is 7.11 Å². The minimum absolute atomic E-state index is 0.275. The summed E-state index contributed by atoms with van der Waals surface area (Å²) in [6, 6.07) is 7.26. The fourth-order valence-electron chi connectivity index (χ4n) is 3.30. The molecule has 2 unspecified atom stereocenters. The molecule has 118 valence electrons. The van der Waals surface area contributed by atoms with Crippen LogP contribution in [-0.2, 0) is 0 Å². The molecule has 4 nitrogen and oxygen atoms in total. The Hall–Kier alpha value is -1.26. The molecule has 1 N–H and O–H groups in total. The fourth-order valence-corrected chi connectivity index (χ4v) is 3.30. The van der Waals surface area contributed by atoms with Crippen LogP contribution in [0.1, 0.15) is 31.4 Å². The SMILES string of the molecule is CNC(C)c1c(OC)cccc1N1CCCC1CN(C)C. The van der Waals surface area contributed by atoms with E-state index in [2.05, 4.69) is 54.3 Å². The van der Waals surface area contributed by atoms with Crippen molar-refractivity contribution in [3.05, 3.63) is 23.8 Å². The molecule has 1 aromatic rings. The molecule has 2 atom stereocenters. The van der Waals surface area contributed by atoms with E-state index in [0.717, 1.165) is 18.8 Å². The molecule has 0 spiro atoms. The van der Waals surface area contributed by atoms with Crippen molar-refractivity contribution >= 4 is 5.69 Å². The molecular formula is C17H29N3O. The van der Waals surface area contributed by atoms with Gasteiger partial charge in [0.2, 0.25) is 0 Å². The zero-order valence-corrected chi connectivity index (χ0v) is 14.0. The first-order valence-electron chi connectivity index (χ1n) is 7.84. The van der Waals surface area contributed by atoms with Gasteiger partial charge in [0, 0.05) is 36.4 Å². The molecule has 1 saturated heterocycles. The third kappa shape index (κ3) is 3.50. The Kier molecular flexibility index (Phi) is 5.48. The van der Waals surface area contributed by atoms with Gasteiger partial charge in [-0.3, -0.25) is 0 Å². The molecule has 1 heterocycles. The van der Waals surface area contributed by atoms with E-state index >= 15 is 0 Å². The zero-order chi connectivity index (χ0) is 15.4. The highest BCUT2D eigenvalue weighted by Crippen LogP contribution is 2.37. The van der Waals surface area contributed by atoms with Gasteiger partial charge in [-0.2, -0.15) is 0 Å². The summed E-state index contributed by atoms with van der Waals surface area (Å²) in [4.78, 5) is 4.84. The van der Waals surface area contributed by atoms with Crippen LogP contribution in [0, 0.1) is 0 Å². The van der Waals surface area contributed by atoms with Gasteiger partial charge in [-0.1, -0.05) is 6.07 Å². The Morgan fingerprint density at radius 3 is 2.81 bits per heavy atom. The number of benzene rings is 1. The van der Waals surface area contributed by atoms with E-state index in [9.17, 15) is 0 Å². The van der Waals surface area contributed by atoms with Gasteiger partial charge >= 0.3 is 0 Å². The lowest BCUT2D eigenvalue weighted by Gasteiger charge is -2.32. The van der Waals surface area contributed by atoms with Gasteiger partial charge in [-0.15, -0.1) is 0 Å². The van der Waals surface area contributed by atoms with Crippen molar-refractivity contribution in [3.8, 4) is 5.75 Å². The number of likely N-dealkylation sites (N-methyl/N-ethyl adjacent to an activating group) is 1. The second kappa shape index (κ2) is 7.14. The van der Waals surface area contributed by atoms with Crippen molar-refractivity contribution in [2.24, 2.45) is 0 Å². The minimum Gasteiger partial charge on any atom is -0.496 e. The van der Waals surface area contributed by atoms with E-state index in [4.69, 9.17) is 4.74 Å². The lowest BCUT2D eigenvalue weighted by molar-refractivity contribution is 0.371. The van der Waals surface area contributed by atoms with Crippen LogP contribution in [0.4, 0.5) is 5.69 Å². The summed E-state index contributed by atoms with van der Waals surface area (Å²) in [6.45, 7) is 4.43. The van der Waals surface area contributed by atoms with Gasteiger partial charge in [-0.25, -0.2) is 0 Å². The Labute approximate surface area is 129 Å². The van der Waals surface area contributed by atoms with E-state index in [-0.39, 0.29) is 6.04 Å². The number of nitrogens with zero attached hydrogens (tertiary/aromatic N) is 2. The summed E-state index contributed by atoms with van der Waals surface area (Å²) in [7, 11) is 8.06. The highest BCUT2D eigenvalue weighted by atomic mass is 16.5. The number of nitrogens with one attached hydrogen (secondary N) is 1. The topological polar surface area (TPSA) is 27.7 Å². The van der Waals surface area contributed by atoms with Crippen molar-refractivity contribution in [1.82, 2.24) is 10.2 Å². The van der Waals surface area contributed by atoms with Crippen LogP contribution in [0.2, 0.25) is 0 Å². The van der Waals surface area contributed by atoms with Crippen LogP contribution in [-0.4, -0.2) is 52.3 Å². The van der Waals surface area contributed by atoms with E-state index < -0.39 is 0 Å². The molecule has 0 saturated carbocycles. The summed E-state index contributed by atoms with van der Waals surface area (Å²) >= 11 is 0. The van der Waals surface area contributed by atoms with Crippen LogP contribution in [0.3, 0.4) is 0 Å². The number of methoxy groups -OCH3 is 1. The average molecular weight is 291 g/mol. The Bertz CT molecular complexity index is 461. The molecule has 1 aromatic carbocycles. The summed E-state index contributed by atoms with van der Waals surface area (Å²) in [5.74, 6) is 0.977. The maximum Gasteiger partial charge on any atom is 0.125 e. The summed E-state index contributed by atoms with van der Waals surface area (Å²) in [5, 5.41) is 3.36. The lowest BCUT2D eigenvalue weighted by atomic mass is 10.0. The van der Waals surface area contributed by atoms with Crippen LogP contribution < -0.4 is 15.0 Å². The molecule has 0 radical (unpaired) electrons. The number of ether oxygens (including phenoxy) is 1. The number of anilines is 1. The number of rotatable bonds is 6. The monoisotopic (exact) mass is 291 g/mol. The summed E-state index contributed by atoms with van der Waals surface area (Å²) < 4.78 is 5.61. The fraction of sp³-hybridized carbons (Fsp3) is 0.647. The first kappa shape index (κ1) is 16.1.